The van der Waals surface area contributed by atoms with E-state index >= 15 is 0 Å². The van der Waals surface area contributed by atoms with Gasteiger partial charge < -0.3 is 16.4 Å². The monoisotopic (exact) mass is 460 g/mol. The predicted octanol–water partition coefficient (Wildman–Crippen LogP) is 5.03. The van der Waals surface area contributed by atoms with Gasteiger partial charge in [-0.25, -0.2) is 4.98 Å². The molecule has 0 saturated carbocycles. The van der Waals surface area contributed by atoms with Gasteiger partial charge in [0.25, 0.3) is 5.91 Å². The number of rotatable bonds is 9. The molecule has 0 saturated heterocycles. The lowest BCUT2D eigenvalue weighted by atomic mass is 10.1. The van der Waals surface area contributed by atoms with Crippen LogP contribution in [0, 0.1) is 0 Å². The lowest BCUT2D eigenvalue weighted by Crippen LogP contribution is -2.17. The summed E-state index contributed by atoms with van der Waals surface area (Å²) in [7, 11) is 0. The van der Waals surface area contributed by atoms with Crippen molar-refractivity contribution in [3.63, 3.8) is 0 Å². The molecule has 3 rings (SSSR count). The van der Waals surface area contributed by atoms with Crippen LogP contribution in [0.5, 0.6) is 0 Å². The number of hydrogen-bond acceptors (Lipinski definition) is 5. The van der Waals surface area contributed by atoms with Crippen LogP contribution in [-0.4, -0.2) is 22.1 Å². The Kier molecular flexibility index (Phi) is 7.00. The number of aromatic nitrogens is 1. The van der Waals surface area contributed by atoms with Crippen LogP contribution >= 0.6 is 27.3 Å². The summed E-state index contributed by atoms with van der Waals surface area (Å²) in [6.45, 7) is 0. The number of halogens is 1. The van der Waals surface area contributed by atoms with Crippen molar-refractivity contribution in [3.8, 4) is 0 Å². The number of unbranched alkanes of at least 4 members (excludes halogenated alkanes) is 2. The van der Waals surface area contributed by atoms with Crippen molar-refractivity contribution >= 4 is 65.7 Å². The van der Waals surface area contributed by atoms with Gasteiger partial charge in [-0.2, -0.15) is 0 Å². The molecule has 0 spiro atoms. The van der Waals surface area contributed by atoms with E-state index in [1.54, 1.807) is 0 Å². The van der Waals surface area contributed by atoms with E-state index in [4.69, 9.17) is 5.73 Å². The Hall–Kier alpha value is -2.45. The molecule has 0 unspecified atom stereocenters. The lowest BCUT2D eigenvalue weighted by molar-refractivity contribution is -0.116. The van der Waals surface area contributed by atoms with Crippen molar-refractivity contribution in [1.82, 2.24) is 4.98 Å². The third-order valence-electron chi connectivity index (χ3n) is 4.15. The maximum atomic E-state index is 12.1. The number of primary amides is 1. The van der Waals surface area contributed by atoms with Gasteiger partial charge in [0.1, 0.15) is 5.00 Å². The van der Waals surface area contributed by atoms with Crippen molar-refractivity contribution in [3.05, 3.63) is 48.2 Å². The van der Waals surface area contributed by atoms with Gasteiger partial charge in [0, 0.05) is 17.4 Å². The highest BCUT2D eigenvalue weighted by Gasteiger charge is 2.18. The SMILES string of the molecule is NC(=O)c1nc(Nc2ccc3ccccc3c2)sc1NC(=O)CCCCCBr. The molecule has 28 heavy (non-hydrogen) atoms. The number of nitrogens with two attached hydrogens (primary N) is 1. The van der Waals surface area contributed by atoms with Crippen LogP contribution in [0.4, 0.5) is 15.8 Å². The third-order valence-corrected chi connectivity index (χ3v) is 5.60. The highest BCUT2D eigenvalue weighted by Crippen LogP contribution is 2.31. The number of fused-ring (bicyclic) bond motifs is 1. The van der Waals surface area contributed by atoms with E-state index in [2.05, 4.69) is 31.5 Å². The van der Waals surface area contributed by atoms with Crippen molar-refractivity contribution in [1.29, 1.82) is 0 Å². The largest absolute Gasteiger partial charge is 0.364 e. The zero-order valence-electron chi connectivity index (χ0n) is 15.2. The average Bonchev–Trinajstić information content (AvgIpc) is 3.07. The Balaban J connectivity index is 1.72. The van der Waals surface area contributed by atoms with Crippen molar-refractivity contribution in [2.75, 3.05) is 16.0 Å². The minimum atomic E-state index is -0.669. The highest BCUT2D eigenvalue weighted by atomic mass is 79.9. The van der Waals surface area contributed by atoms with E-state index in [0.29, 0.717) is 16.6 Å². The molecule has 6 nitrogen and oxygen atoms in total. The molecule has 146 valence electrons. The molecule has 8 heteroatoms. The molecule has 0 radical (unpaired) electrons. The van der Waals surface area contributed by atoms with Crippen molar-refractivity contribution in [2.24, 2.45) is 5.73 Å². The summed E-state index contributed by atoms with van der Waals surface area (Å²) in [5.41, 5.74) is 6.35. The number of amides is 2. The second kappa shape index (κ2) is 9.66. The van der Waals surface area contributed by atoms with Gasteiger partial charge in [-0.05, 0) is 35.7 Å². The van der Waals surface area contributed by atoms with E-state index in [-0.39, 0.29) is 11.6 Å². The number of hydrogen-bond donors (Lipinski definition) is 3. The number of anilines is 3. The van der Waals surface area contributed by atoms with E-state index in [9.17, 15) is 9.59 Å². The molecule has 3 aromatic rings. The standard InChI is InChI=1S/C20H21BrN4O2S/c21-11-5-1-2-8-16(26)24-19-17(18(22)27)25-20(28-19)23-15-10-9-13-6-3-4-7-14(13)12-15/h3-4,6-7,9-10,12H,1-2,5,8,11H2,(H2,22,27)(H,23,25)(H,24,26). The summed E-state index contributed by atoms with van der Waals surface area (Å²) in [6.07, 6.45) is 3.19. The summed E-state index contributed by atoms with van der Waals surface area (Å²) in [4.78, 5) is 28.1. The first-order chi connectivity index (χ1) is 13.6. The maximum absolute atomic E-state index is 12.1. The van der Waals surface area contributed by atoms with Crippen LogP contribution < -0.4 is 16.4 Å². The van der Waals surface area contributed by atoms with Gasteiger partial charge in [0.2, 0.25) is 5.91 Å². The zero-order valence-corrected chi connectivity index (χ0v) is 17.6. The van der Waals surface area contributed by atoms with Crippen LogP contribution in [0.3, 0.4) is 0 Å². The van der Waals surface area contributed by atoms with Crippen molar-refractivity contribution in [2.45, 2.75) is 25.7 Å². The van der Waals surface area contributed by atoms with Crippen LogP contribution in [0.2, 0.25) is 0 Å². The average molecular weight is 461 g/mol. The minimum absolute atomic E-state index is 0.0714. The minimum Gasteiger partial charge on any atom is -0.364 e. The first-order valence-corrected chi connectivity index (χ1v) is 10.9. The van der Waals surface area contributed by atoms with Crippen LogP contribution in [-0.2, 0) is 4.79 Å². The van der Waals surface area contributed by atoms with E-state index in [1.165, 1.54) is 11.3 Å². The summed E-state index contributed by atoms with van der Waals surface area (Å²) in [6, 6.07) is 14.0. The molecular formula is C20H21BrN4O2S. The first-order valence-electron chi connectivity index (χ1n) is 8.99. The van der Waals surface area contributed by atoms with Crippen LogP contribution in [0.25, 0.3) is 10.8 Å². The van der Waals surface area contributed by atoms with Gasteiger partial charge >= 0.3 is 0 Å². The van der Waals surface area contributed by atoms with Gasteiger partial charge in [-0.1, -0.05) is 64.0 Å². The van der Waals surface area contributed by atoms with Gasteiger partial charge in [-0.15, -0.1) is 0 Å². The third kappa shape index (κ3) is 5.30. The molecule has 0 fully saturated rings. The summed E-state index contributed by atoms with van der Waals surface area (Å²) in [5.74, 6) is -0.810. The summed E-state index contributed by atoms with van der Waals surface area (Å²) in [5, 5.41) is 9.99. The molecule has 0 bridgehead atoms. The number of benzene rings is 2. The number of carbonyl (C=O) groups is 2. The summed E-state index contributed by atoms with van der Waals surface area (Å²) < 4.78 is 0. The Bertz CT molecular complexity index is 989. The fourth-order valence-corrected chi connectivity index (χ4v) is 4.07. The van der Waals surface area contributed by atoms with Gasteiger partial charge in [-0.3, -0.25) is 9.59 Å². The Morgan fingerprint density at radius 2 is 1.86 bits per heavy atom. The second-order valence-electron chi connectivity index (χ2n) is 6.30. The molecule has 2 aromatic carbocycles. The number of thiazole rings is 1. The maximum Gasteiger partial charge on any atom is 0.270 e. The van der Waals surface area contributed by atoms with E-state index in [1.807, 2.05) is 42.5 Å². The predicted molar refractivity (Wildman–Crippen MR) is 119 cm³/mol. The fraction of sp³-hybridized carbons (Fsp3) is 0.250. The second-order valence-corrected chi connectivity index (χ2v) is 8.09. The van der Waals surface area contributed by atoms with Gasteiger partial charge in [0.15, 0.2) is 10.8 Å². The zero-order chi connectivity index (χ0) is 19.9. The van der Waals surface area contributed by atoms with Crippen LogP contribution in [0.15, 0.2) is 42.5 Å². The highest BCUT2D eigenvalue weighted by molar-refractivity contribution is 9.09. The molecule has 0 aliphatic carbocycles. The number of alkyl halides is 1. The molecule has 0 aliphatic heterocycles. The molecule has 2 amide bonds. The lowest BCUT2D eigenvalue weighted by Gasteiger charge is -2.04. The van der Waals surface area contributed by atoms with Crippen LogP contribution in [0.1, 0.15) is 36.2 Å². The number of nitrogens with zero attached hydrogens (tertiary/aromatic N) is 1. The first kappa shape index (κ1) is 20.3. The normalized spacial score (nSPS) is 10.8. The number of carbonyl (C=O) groups excluding carboxylic acids is 2. The molecular weight excluding hydrogens is 440 g/mol. The summed E-state index contributed by atoms with van der Waals surface area (Å²) >= 11 is 4.57. The molecule has 4 N–H and O–H groups in total. The molecule has 1 aromatic heterocycles. The van der Waals surface area contributed by atoms with Gasteiger partial charge in [0.05, 0.1) is 0 Å². The fourth-order valence-electron chi connectivity index (χ4n) is 2.76. The molecule has 0 atom stereocenters. The van der Waals surface area contributed by atoms with E-state index < -0.39 is 5.91 Å². The smallest absolute Gasteiger partial charge is 0.270 e. The topological polar surface area (TPSA) is 97.1 Å². The quantitative estimate of drug-likeness (QED) is 0.308. The molecule has 0 aliphatic rings. The van der Waals surface area contributed by atoms with E-state index in [0.717, 1.165) is 41.1 Å². The molecule has 1 heterocycles. The Morgan fingerprint density at radius 3 is 2.61 bits per heavy atom. The Morgan fingerprint density at radius 1 is 1.07 bits per heavy atom. The Labute approximate surface area is 175 Å². The van der Waals surface area contributed by atoms with Crippen molar-refractivity contribution < 1.29 is 9.59 Å². The number of nitrogens with one attached hydrogen (secondary N) is 2.